The predicted molar refractivity (Wildman–Crippen MR) is 63.0 cm³/mol. The number of nitrogens with one attached hydrogen (secondary N) is 1. The largest absolute Gasteiger partial charge is 0.316 e. The molecule has 16 heavy (non-hydrogen) atoms. The molecule has 1 aliphatic rings. The molecule has 2 heterocycles. The zero-order chi connectivity index (χ0) is 11.6. The Morgan fingerprint density at radius 3 is 2.88 bits per heavy atom. The topological polar surface area (TPSA) is 24.9 Å². The molecule has 0 spiro atoms. The lowest BCUT2D eigenvalue weighted by atomic mass is 9.81. The standard InChI is InChI=1S/C13H19FN2/c1-10-5-6-12(9-16-10)13(2,14)11-4-3-7-15-8-11/h5-6,9,11,15H,3-4,7-8H2,1-2H3. The number of hydrogen-bond donors (Lipinski definition) is 1. The van der Waals surface area contributed by atoms with Crippen molar-refractivity contribution in [3.63, 3.8) is 0 Å². The van der Waals surface area contributed by atoms with Crippen LogP contribution in [0.15, 0.2) is 18.3 Å². The van der Waals surface area contributed by atoms with Gasteiger partial charge in [0.2, 0.25) is 0 Å². The third kappa shape index (κ3) is 2.24. The Morgan fingerprint density at radius 2 is 2.31 bits per heavy atom. The number of pyridine rings is 1. The second-order valence-corrected chi connectivity index (χ2v) is 4.81. The van der Waals surface area contributed by atoms with Gasteiger partial charge in [-0.3, -0.25) is 4.98 Å². The van der Waals surface area contributed by atoms with Crippen molar-refractivity contribution in [1.29, 1.82) is 0 Å². The average Bonchev–Trinajstić information content (AvgIpc) is 2.31. The van der Waals surface area contributed by atoms with Crippen molar-refractivity contribution in [2.24, 2.45) is 5.92 Å². The zero-order valence-electron chi connectivity index (χ0n) is 9.96. The molecule has 0 aromatic carbocycles. The molecule has 1 aliphatic heterocycles. The summed E-state index contributed by atoms with van der Waals surface area (Å²) >= 11 is 0. The highest BCUT2D eigenvalue weighted by molar-refractivity contribution is 5.21. The van der Waals surface area contributed by atoms with Gasteiger partial charge in [-0.25, -0.2) is 4.39 Å². The molecule has 1 aromatic heterocycles. The van der Waals surface area contributed by atoms with Gasteiger partial charge in [0.25, 0.3) is 0 Å². The second kappa shape index (κ2) is 4.50. The van der Waals surface area contributed by atoms with Crippen LogP contribution in [-0.2, 0) is 5.67 Å². The van der Waals surface area contributed by atoms with Gasteiger partial charge in [0.1, 0.15) is 5.67 Å². The number of hydrogen-bond acceptors (Lipinski definition) is 2. The highest BCUT2D eigenvalue weighted by Crippen LogP contribution is 2.36. The lowest BCUT2D eigenvalue weighted by Crippen LogP contribution is -2.40. The first-order chi connectivity index (χ1) is 7.60. The molecule has 3 heteroatoms. The molecule has 88 valence electrons. The Morgan fingerprint density at radius 1 is 1.50 bits per heavy atom. The molecular weight excluding hydrogens is 203 g/mol. The Bertz CT molecular complexity index is 339. The summed E-state index contributed by atoms with van der Waals surface area (Å²) in [5.41, 5.74) is 0.363. The monoisotopic (exact) mass is 222 g/mol. The summed E-state index contributed by atoms with van der Waals surface area (Å²) in [5, 5.41) is 3.26. The molecule has 2 nitrogen and oxygen atoms in total. The van der Waals surface area contributed by atoms with Crippen LogP contribution < -0.4 is 5.32 Å². The fourth-order valence-electron chi connectivity index (χ4n) is 2.31. The van der Waals surface area contributed by atoms with E-state index >= 15 is 0 Å². The molecule has 1 aromatic rings. The van der Waals surface area contributed by atoms with Gasteiger partial charge in [0, 0.05) is 29.9 Å². The fraction of sp³-hybridized carbons (Fsp3) is 0.615. The maximum absolute atomic E-state index is 14.8. The van der Waals surface area contributed by atoms with E-state index in [0.717, 1.165) is 31.6 Å². The number of halogens is 1. The molecule has 0 amide bonds. The lowest BCUT2D eigenvalue weighted by molar-refractivity contribution is 0.0808. The highest BCUT2D eigenvalue weighted by atomic mass is 19.1. The van der Waals surface area contributed by atoms with Crippen molar-refractivity contribution >= 4 is 0 Å². The molecule has 2 rings (SSSR count). The van der Waals surface area contributed by atoms with E-state index in [0.29, 0.717) is 5.56 Å². The maximum atomic E-state index is 14.8. The van der Waals surface area contributed by atoms with Gasteiger partial charge in [-0.15, -0.1) is 0 Å². The first kappa shape index (κ1) is 11.5. The smallest absolute Gasteiger partial charge is 0.138 e. The first-order valence-corrected chi connectivity index (χ1v) is 5.93. The number of aromatic nitrogens is 1. The molecule has 1 N–H and O–H groups in total. The van der Waals surface area contributed by atoms with E-state index in [-0.39, 0.29) is 5.92 Å². The van der Waals surface area contributed by atoms with Crippen LogP contribution in [0.3, 0.4) is 0 Å². The number of nitrogens with zero attached hydrogens (tertiary/aromatic N) is 1. The molecule has 1 saturated heterocycles. The average molecular weight is 222 g/mol. The van der Waals surface area contributed by atoms with Crippen molar-refractivity contribution < 1.29 is 4.39 Å². The molecule has 2 unspecified atom stereocenters. The summed E-state index contributed by atoms with van der Waals surface area (Å²) < 4.78 is 14.8. The van der Waals surface area contributed by atoms with E-state index in [9.17, 15) is 4.39 Å². The van der Waals surface area contributed by atoms with Gasteiger partial charge in [-0.05, 0) is 39.3 Å². The van der Waals surface area contributed by atoms with Gasteiger partial charge in [-0.1, -0.05) is 6.07 Å². The summed E-state index contributed by atoms with van der Waals surface area (Å²) in [7, 11) is 0. The summed E-state index contributed by atoms with van der Waals surface area (Å²) in [6, 6.07) is 3.74. The quantitative estimate of drug-likeness (QED) is 0.832. The molecule has 2 atom stereocenters. The van der Waals surface area contributed by atoms with Gasteiger partial charge < -0.3 is 5.32 Å². The maximum Gasteiger partial charge on any atom is 0.138 e. The Hall–Kier alpha value is -0.960. The van der Waals surface area contributed by atoms with E-state index < -0.39 is 5.67 Å². The third-order valence-electron chi connectivity index (χ3n) is 3.54. The van der Waals surface area contributed by atoms with Crippen LogP contribution in [0.4, 0.5) is 4.39 Å². The SMILES string of the molecule is Cc1ccc(C(C)(F)C2CCCNC2)cn1. The molecular formula is C13H19FN2. The molecule has 0 saturated carbocycles. The van der Waals surface area contributed by atoms with Crippen molar-refractivity contribution in [3.8, 4) is 0 Å². The molecule has 0 aliphatic carbocycles. The van der Waals surface area contributed by atoms with Gasteiger partial charge in [0.05, 0.1) is 0 Å². The predicted octanol–water partition coefficient (Wildman–Crippen LogP) is 2.57. The Balaban J connectivity index is 2.19. The van der Waals surface area contributed by atoms with Crippen molar-refractivity contribution in [2.75, 3.05) is 13.1 Å². The summed E-state index contributed by atoms with van der Waals surface area (Å²) in [6.07, 6.45) is 3.68. The minimum absolute atomic E-state index is 0.0609. The van der Waals surface area contributed by atoms with Crippen LogP contribution in [0.2, 0.25) is 0 Å². The number of aryl methyl sites for hydroxylation is 1. The number of rotatable bonds is 2. The van der Waals surface area contributed by atoms with E-state index in [1.54, 1.807) is 13.1 Å². The van der Waals surface area contributed by atoms with Crippen LogP contribution in [0.25, 0.3) is 0 Å². The van der Waals surface area contributed by atoms with Gasteiger partial charge in [-0.2, -0.15) is 0 Å². The fourth-order valence-corrected chi connectivity index (χ4v) is 2.31. The van der Waals surface area contributed by atoms with Crippen LogP contribution in [0.5, 0.6) is 0 Å². The second-order valence-electron chi connectivity index (χ2n) is 4.81. The number of alkyl halides is 1. The minimum atomic E-state index is -1.27. The van der Waals surface area contributed by atoms with Gasteiger partial charge in [0.15, 0.2) is 0 Å². The third-order valence-corrected chi connectivity index (χ3v) is 3.54. The van der Waals surface area contributed by atoms with Crippen molar-refractivity contribution in [1.82, 2.24) is 10.3 Å². The van der Waals surface area contributed by atoms with E-state index in [4.69, 9.17) is 0 Å². The Labute approximate surface area is 96.3 Å². The Kier molecular flexibility index (Phi) is 3.24. The minimum Gasteiger partial charge on any atom is -0.316 e. The molecule has 0 bridgehead atoms. The van der Waals surface area contributed by atoms with Gasteiger partial charge >= 0.3 is 0 Å². The normalized spacial score (nSPS) is 25.1. The summed E-state index contributed by atoms with van der Waals surface area (Å²) in [6.45, 7) is 5.37. The zero-order valence-corrected chi connectivity index (χ0v) is 9.96. The lowest BCUT2D eigenvalue weighted by Gasteiger charge is -2.34. The van der Waals surface area contributed by atoms with Crippen LogP contribution >= 0.6 is 0 Å². The first-order valence-electron chi connectivity index (χ1n) is 5.93. The highest BCUT2D eigenvalue weighted by Gasteiger charge is 2.36. The molecule has 0 radical (unpaired) electrons. The van der Waals surface area contributed by atoms with Crippen LogP contribution in [0.1, 0.15) is 31.0 Å². The molecule has 1 fully saturated rings. The van der Waals surface area contributed by atoms with E-state index in [1.807, 2.05) is 19.1 Å². The van der Waals surface area contributed by atoms with Crippen LogP contribution in [-0.4, -0.2) is 18.1 Å². The van der Waals surface area contributed by atoms with Crippen LogP contribution in [0, 0.1) is 12.8 Å². The number of piperidine rings is 1. The summed E-state index contributed by atoms with van der Waals surface area (Å²) in [4.78, 5) is 4.18. The summed E-state index contributed by atoms with van der Waals surface area (Å²) in [5.74, 6) is 0.0609. The van der Waals surface area contributed by atoms with Crippen molar-refractivity contribution in [2.45, 2.75) is 32.4 Å². The van der Waals surface area contributed by atoms with E-state index in [1.165, 1.54) is 0 Å². The van der Waals surface area contributed by atoms with E-state index in [2.05, 4.69) is 10.3 Å². The van der Waals surface area contributed by atoms with Crippen molar-refractivity contribution in [3.05, 3.63) is 29.6 Å².